The number of rotatable bonds is 9. The lowest BCUT2D eigenvalue weighted by molar-refractivity contribution is 0.412. The Morgan fingerprint density at radius 2 is 2.00 bits per heavy atom. The Kier molecular flexibility index (Phi) is 6.95. The maximum absolute atomic E-state index is 12.0. The maximum atomic E-state index is 12.0. The molecule has 2 N–H and O–H groups in total. The fourth-order valence-electron chi connectivity index (χ4n) is 1.50. The number of likely N-dealkylation sites (N-methyl/N-ethyl adjacent to an activating group) is 2. The lowest BCUT2D eigenvalue weighted by atomic mass is 10.3. The molecule has 0 amide bonds. The summed E-state index contributed by atoms with van der Waals surface area (Å²) in [4.78, 5) is 3.03. The summed E-state index contributed by atoms with van der Waals surface area (Å²) in [7, 11) is 0.486. The van der Waals surface area contributed by atoms with Crippen LogP contribution in [-0.2, 0) is 16.4 Å². The van der Waals surface area contributed by atoms with Crippen molar-refractivity contribution in [2.75, 3.05) is 40.3 Å². The second-order valence-corrected chi connectivity index (χ2v) is 7.69. The van der Waals surface area contributed by atoms with Crippen molar-refractivity contribution in [3.05, 3.63) is 17.0 Å². The first kappa shape index (κ1) is 16.6. The van der Waals surface area contributed by atoms with Crippen molar-refractivity contribution in [1.82, 2.24) is 14.9 Å². The van der Waals surface area contributed by atoms with E-state index in [9.17, 15) is 8.42 Å². The molecule has 1 aromatic rings. The molecule has 0 fully saturated rings. The molecule has 19 heavy (non-hydrogen) atoms. The number of nitrogens with zero attached hydrogens (tertiary/aromatic N) is 1. The molecule has 110 valence electrons. The summed E-state index contributed by atoms with van der Waals surface area (Å²) in [5, 5.41) is 3.23. The highest BCUT2D eigenvalue weighted by atomic mass is 32.2. The first-order chi connectivity index (χ1) is 8.95. The molecule has 5 nitrogen and oxygen atoms in total. The van der Waals surface area contributed by atoms with Gasteiger partial charge < -0.3 is 10.2 Å². The molecule has 1 heterocycles. The zero-order valence-corrected chi connectivity index (χ0v) is 13.4. The highest BCUT2D eigenvalue weighted by molar-refractivity contribution is 7.91. The molecule has 0 aliphatic rings. The predicted octanol–water partition coefficient (Wildman–Crippen LogP) is 0.740. The van der Waals surface area contributed by atoms with Crippen molar-refractivity contribution in [2.45, 2.75) is 17.6 Å². The van der Waals surface area contributed by atoms with Crippen molar-refractivity contribution in [1.29, 1.82) is 0 Å². The van der Waals surface area contributed by atoms with Gasteiger partial charge in [-0.05, 0) is 45.7 Å². The van der Waals surface area contributed by atoms with Gasteiger partial charge in [0.05, 0.1) is 0 Å². The molecule has 0 aromatic carbocycles. The molecular weight excluding hydrogens is 282 g/mol. The topological polar surface area (TPSA) is 61.4 Å². The third-order valence-corrected chi connectivity index (χ3v) is 5.65. The van der Waals surface area contributed by atoms with E-state index in [1.807, 2.05) is 25.1 Å². The number of thiophene rings is 1. The molecule has 0 atom stereocenters. The van der Waals surface area contributed by atoms with Crippen LogP contribution in [0.3, 0.4) is 0 Å². The van der Waals surface area contributed by atoms with Crippen molar-refractivity contribution in [3.8, 4) is 0 Å². The van der Waals surface area contributed by atoms with E-state index in [1.54, 1.807) is 6.07 Å². The smallest absolute Gasteiger partial charge is 0.250 e. The van der Waals surface area contributed by atoms with Crippen molar-refractivity contribution in [3.63, 3.8) is 0 Å². The van der Waals surface area contributed by atoms with Gasteiger partial charge in [-0.2, -0.15) is 0 Å². The Hall–Kier alpha value is -0.470. The molecule has 0 unspecified atom stereocenters. The third kappa shape index (κ3) is 6.01. The van der Waals surface area contributed by atoms with Gasteiger partial charge >= 0.3 is 0 Å². The van der Waals surface area contributed by atoms with E-state index in [-0.39, 0.29) is 0 Å². The van der Waals surface area contributed by atoms with E-state index in [0.717, 1.165) is 24.4 Å². The van der Waals surface area contributed by atoms with Crippen LogP contribution in [0.25, 0.3) is 0 Å². The fourth-order valence-corrected chi connectivity index (χ4v) is 3.92. The van der Waals surface area contributed by atoms with Crippen LogP contribution in [0.5, 0.6) is 0 Å². The van der Waals surface area contributed by atoms with E-state index >= 15 is 0 Å². The van der Waals surface area contributed by atoms with Crippen LogP contribution in [-0.4, -0.2) is 53.6 Å². The molecule has 0 radical (unpaired) electrons. The minimum Gasteiger partial charge on any atom is -0.317 e. The number of nitrogens with one attached hydrogen (secondary N) is 2. The summed E-state index contributed by atoms with van der Waals surface area (Å²) in [5.41, 5.74) is 0. The molecule has 1 aromatic heterocycles. The summed E-state index contributed by atoms with van der Waals surface area (Å²) in [6, 6.07) is 3.58. The Morgan fingerprint density at radius 1 is 1.26 bits per heavy atom. The lowest BCUT2D eigenvalue weighted by Gasteiger charge is -2.09. The van der Waals surface area contributed by atoms with Gasteiger partial charge in [-0.1, -0.05) is 6.92 Å². The highest BCUT2D eigenvalue weighted by Crippen LogP contribution is 2.21. The zero-order valence-electron chi connectivity index (χ0n) is 11.8. The van der Waals surface area contributed by atoms with E-state index < -0.39 is 10.0 Å². The summed E-state index contributed by atoms with van der Waals surface area (Å²) >= 11 is 1.35. The van der Waals surface area contributed by atoms with Crippen LogP contribution in [0, 0.1) is 0 Å². The fraction of sp³-hybridized carbons (Fsp3) is 0.667. The third-order valence-electron chi connectivity index (χ3n) is 2.55. The largest absolute Gasteiger partial charge is 0.317 e. The van der Waals surface area contributed by atoms with E-state index in [0.29, 0.717) is 17.3 Å². The van der Waals surface area contributed by atoms with Gasteiger partial charge in [0.2, 0.25) is 10.0 Å². The average Bonchev–Trinajstić information content (AvgIpc) is 2.78. The van der Waals surface area contributed by atoms with Crippen molar-refractivity contribution >= 4 is 21.4 Å². The highest BCUT2D eigenvalue weighted by Gasteiger charge is 2.16. The van der Waals surface area contributed by atoms with Crippen LogP contribution in [0.4, 0.5) is 0 Å². The monoisotopic (exact) mass is 305 g/mol. The molecule has 0 saturated carbocycles. The first-order valence-electron chi connectivity index (χ1n) is 6.39. The van der Waals surface area contributed by atoms with Crippen LogP contribution >= 0.6 is 11.3 Å². The van der Waals surface area contributed by atoms with Gasteiger partial charge in [-0.15, -0.1) is 11.3 Å². The molecule has 0 spiro atoms. The summed E-state index contributed by atoms with van der Waals surface area (Å²) in [6.07, 6.45) is 0.867. The zero-order chi connectivity index (χ0) is 14.3. The van der Waals surface area contributed by atoms with E-state index in [1.165, 1.54) is 11.3 Å². The van der Waals surface area contributed by atoms with Gasteiger partial charge in [0.15, 0.2) is 0 Å². The minimum absolute atomic E-state index is 0.401. The molecule has 0 bridgehead atoms. The number of hydrogen-bond donors (Lipinski definition) is 2. The normalized spacial score (nSPS) is 12.2. The van der Waals surface area contributed by atoms with Crippen LogP contribution in [0.15, 0.2) is 16.3 Å². The minimum atomic E-state index is -3.34. The van der Waals surface area contributed by atoms with Crippen molar-refractivity contribution in [2.24, 2.45) is 0 Å². The number of sulfonamides is 1. The van der Waals surface area contributed by atoms with E-state index in [2.05, 4.69) is 17.0 Å². The number of hydrogen-bond acceptors (Lipinski definition) is 5. The van der Waals surface area contributed by atoms with E-state index in [4.69, 9.17) is 0 Å². The van der Waals surface area contributed by atoms with Crippen LogP contribution in [0.2, 0.25) is 0 Å². The SMILES string of the molecule is CCNCCc1ccc(S(=O)(=O)NCCN(C)C)s1. The Labute approximate surface area is 120 Å². The molecule has 0 aliphatic carbocycles. The van der Waals surface area contributed by atoms with Crippen molar-refractivity contribution < 1.29 is 8.42 Å². The molecule has 1 rings (SSSR count). The predicted molar refractivity (Wildman–Crippen MR) is 80.3 cm³/mol. The summed E-state index contributed by atoms with van der Waals surface area (Å²) in [5.74, 6) is 0. The van der Waals surface area contributed by atoms with Gasteiger partial charge in [0.25, 0.3) is 0 Å². The van der Waals surface area contributed by atoms with Gasteiger partial charge in [0.1, 0.15) is 4.21 Å². The molecule has 0 saturated heterocycles. The van der Waals surface area contributed by atoms with Gasteiger partial charge in [-0.25, -0.2) is 13.1 Å². The maximum Gasteiger partial charge on any atom is 0.250 e. The molecule has 7 heteroatoms. The lowest BCUT2D eigenvalue weighted by Crippen LogP contribution is -2.30. The Bertz CT molecular complexity index is 469. The standard InChI is InChI=1S/C12H23N3O2S2/c1-4-13-8-7-11-5-6-12(18-11)19(16,17)14-9-10-15(2)3/h5-6,13-14H,4,7-10H2,1-3H3. The first-order valence-corrected chi connectivity index (χ1v) is 8.69. The Morgan fingerprint density at radius 3 is 2.63 bits per heavy atom. The van der Waals surface area contributed by atoms with Crippen LogP contribution < -0.4 is 10.0 Å². The molecular formula is C12H23N3O2S2. The average molecular weight is 305 g/mol. The second-order valence-electron chi connectivity index (χ2n) is 4.53. The second kappa shape index (κ2) is 7.96. The van der Waals surface area contributed by atoms with Crippen LogP contribution in [0.1, 0.15) is 11.8 Å². The summed E-state index contributed by atoms with van der Waals surface area (Å²) in [6.45, 7) is 4.99. The van der Waals surface area contributed by atoms with Gasteiger partial charge in [-0.3, -0.25) is 0 Å². The summed E-state index contributed by atoms with van der Waals surface area (Å²) < 4.78 is 27.1. The Balaban J connectivity index is 2.53. The van der Waals surface area contributed by atoms with Gasteiger partial charge in [0, 0.05) is 18.0 Å². The quantitative estimate of drug-likeness (QED) is 0.661. The molecule has 0 aliphatic heterocycles.